The van der Waals surface area contributed by atoms with Crippen molar-refractivity contribution in [1.29, 1.82) is 0 Å². The van der Waals surface area contributed by atoms with Gasteiger partial charge in [0.25, 0.3) is 0 Å². The number of likely N-dealkylation sites (tertiary alicyclic amines) is 1. The number of hydrogen-bond donors (Lipinski definition) is 1. The van der Waals surface area contributed by atoms with Gasteiger partial charge in [0, 0.05) is 25.0 Å². The van der Waals surface area contributed by atoms with Gasteiger partial charge in [-0.3, -0.25) is 0 Å². The number of hydrogen-bond acceptors (Lipinski definition) is 3. The third kappa shape index (κ3) is 5.20. The summed E-state index contributed by atoms with van der Waals surface area (Å²) in [6.07, 6.45) is 2.16. The summed E-state index contributed by atoms with van der Waals surface area (Å²) >= 11 is 0. The molecule has 1 fully saturated rings. The van der Waals surface area contributed by atoms with E-state index >= 15 is 0 Å². The van der Waals surface area contributed by atoms with E-state index in [9.17, 15) is 17.6 Å². The molecule has 2 amide bonds. The molecule has 2 atom stereocenters. The number of rotatable bonds is 3. The molecule has 0 bridgehead atoms. The van der Waals surface area contributed by atoms with E-state index < -0.39 is 15.7 Å². The van der Waals surface area contributed by atoms with Crippen molar-refractivity contribution < 1.29 is 17.6 Å². The predicted molar refractivity (Wildman–Crippen MR) is 88.5 cm³/mol. The Morgan fingerprint density at radius 3 is 2.48 bits per heavy atom. The van der Waals surface area contributed by atoms with Crippen molar-refractivity contribution in [3.63, 3.8) is 0 Å². The zero-order valence-electron chi connectivity index (χ0n) is 13.7. The van der Waals surface area contributed by atoms with Crippen LogP contribution < -0.4 is 5.32 Å². The summed E-state index contributed by atoms with van der Waals surface area (Å²) in [5.74, 6) is 0.0102. The predicted octanol–water partition coefficient (Wildman–Crippen LogP) is 2.88. The highest BCUT2D eigenvalue weighted by atomic mass is 32.2. The molecule has 0 radical (unpaired) electrons. The Balaban J connectivity index is 2.17. The van der Waals surface area contributed by atoms with Gasteiger partial charge < -0.3 is 10.2 Å². The van der Waals surface area contributed by atoms with Gasteiger partial charge >= 0.3 is 6.03 Å². The number of halogens is 1. The number of amides is 2. The second-order valence-corrected chi connectivity index (χ2v) is 8.79. The number of nitrogens with zero attached hydrogens (tertiary/aromatic N) is 1. The Labute approximate surface area is 136 Å². The Bertz CT molecular complexity index is 681. The first-order valence-corrected chi connectivity index (χ1v) is 9.72. The molecule has 1 N–H and O–H groups in total. The van der Waals surface area contributed by atoms with E-state index in [1.165, 1.54) is 12.1 Å². The molecule has 1 aromatic rings. The standard InChI is InChI=1S/C16H23FN2O3S/c1-11-6-12(2)9-19(8-11)16(20)18-15-5-4-14(17)7-13(15)10-23(3,21)22/h4-5,7,11-12H,6,8-10H2,1-3H3,(H,18,20)/t11-,12+. The molecule has 0 aromatic heterocycles. The fourth-order valence-electron chi connectivity index (χ4n) is 3.11. The average Bonchev–Trinajstić information content (AvgIpc) is 2.39. The van der Waals surface area contributed by atoms with Crippen molar-refractivity contribution in [2.45, 2.75) is 26.0 Å². The molecular formula is C16H23FN2O3S. The highest BCUT2D eigenvalue weighted by Gasteiger charge is 2.26. The minimum atomic E-state index is -3.33. The molecular weight excluding hydrogens is 319 g/mol. The highest BCUT2D eigenvalue weighted by Crippen LogP contribution is 2.24. The van der Waals surface area contributed by atoms with Crippen LogP contribution in [0.25, 0.3) is 0 Å². The highest BCUT2D eigenvalue weighted by molar-refractivity contribution is 7.89. The monoisotopic (exact) mass is 342 g/mol. The van der Waals surface area contributed by atoms with Crippen molar-refractivity contribution in [1.82, 2.24) is 4.90 Å². The van der Waals surface area contributed by atoms with Crippen molar-refractivity contribution in [3.8, 4) is 0 Å². The number of carbonyl (C=O) groups excluding carboxylic acids is 1. The van der Waals surface area contributed by atoms with Gasteiger partial charge in [-0.1, -0.05) is 13.8 Å². The lowest BCUT2D eigenvalue weighted by Crippen LogP contribution is -2.44. The van der Waals surface area contributed by atoms with Crippen molar-refractivity contribution in [2.75, 3.05) is 24.7 Å². The van der Waals surface area contributed by atoms with Crippen LogP contribution in [0.5, 0.6) is 0 Å². The lowest BCUT2D eigenvalue weighted by Gasteiger charge is -2.35. The van der Waals surface area contributed by atoms with Crippen LogP contribution in [0.2, 0.25) is 0 Å². The zero-order chi connectivity index (χ0) is 17.2. The SMILES string of the molecule is C[C@@H]1C[C@H](C)CN(C(=O)Nc2ccc(F)cc2CS(C)(=O)=O)C1. The summed E-state index contributed by atoms with van der Waals surface area (Å²) in [7, 11) is -3.33. The quantitative estimate of drug-likeness (QED) is 0.918. The Hall–Kier alpha value is -1.63. The Morgan fingerprint density at radius 1 is 1.30 bits per heavy atom. The molecule has 5 nitrogen and oxygen atoms in total. The van der Waals surface area contributed by atoms with Gasteiger partial charge in [-0.15, -0.1) is 0 Å². The first-order valence-electron chi connectivity index (χ1n) is 7.66. The molecule has 0 saturated carbocycles. The summed E-state index contributed by atoms with van der Waals surface area (Å²) in [6.45, 7) is 5.53. The molecule has 1 heterocycles. The molecule has 1 aliphatic rings. The van der Waals surface area contributed by atoms with Crippen molar-refractivity contribution in [3.05, 3.63) is 29.6 Å². The molecule has 0 spiro atoms. The van der Waals surface area contributed by atoms with E-state index in [4.69, 9.17) is 0 Å². The number of anilines is 1. The van der Waals surface area contributed by atoms with E-state index in [2.05, 4.69) is 19.2 Å². The average molecular weight is 342 g/mol. The van der Waals surface area contributed by atoms with E-state index in [1.54, 1.807) is 4.90 Å². The van der Waals surface area contributed by atoms with Crippen molar-refractivity contribution in [2.24, 2.45) is 11.8 Å². The van der Waals surface area contributed by atoms with E-state index in [0.717, 1.165) is 18.7 Å². The fraction of sp³-hybridized carbons (Fsp3) is 0.562. The smallest absolute Gasteiger partial charge is 0.321 e. The maximum absolute atomic E-state index is 13.4. The number of urea groups is 1. The van der Waals surface area contributed by atoms with Gasteiger partial charge in [0.15, 0.2) is 9.84 Å². The van der Waals surface area contributed by atoms with Crippen molar-refractivity contribution >= 4 is 21.6 Å². The largest absolute Gasteiger partial charge is 0.324 e. The molecule has 1 aliphatic heterocycles. The first kappa shape index (κ1) is 17.7. The van der Waals surface area contributed by atoms with Gasteiger partial charge in [0.1, 0.15) is 5.82 Å². The van der Waals surface area contributed by atoms with E-state index in [-0.39, 0.29) is 17.3 Å². The Morgan fingerprint density at radius 2 is 1.91 bits per heavy atom. The molecule has 0 aliphatic carbocycles. The summed E-state index contributed by atoms with van der Waals surface area (Å²) in [5.41, 5.74) is 0.603. The first-order chi connectivity index (χ1) is 10.6. The summed E-state index contributed by atoms with van der Waals surface area (Å²) in [4.78, 5) is 14.2. The van der Waals surface area contributed by atoms with Crippen LogP contribution in [0.1, 0.15) is 25.8 Å². The summed E-state index contributed by atoms with van der Waals surface area (Å²) in [5, 5.41) is 2.73. The van der Waals surface area contributed by atoms with Crippen LogP contribution in [0.3, 0.4) is 0 Å². The normalized spacial score (nSPS) is 22.0. The van der Waals surface area contributed by atoms with Gasteiger partial charge in [-0.25, -0.2) is 17.6 Å². The number of piperidine rings is 1. The second-order valence-electron chi connectivity index (χ2n) is 6.65. The maximum Gasteiger partial charge on any atom is 0.321 e. The third-order valence-electron chi connectivity index (χ3n) is 3.88. The third-order valence-corrected chi connectivity index (χ3v) is 4.72. The lowest BCUT2D eigenvalue weighted by atomic mass is 9.92. The second kappa shape index (κ2) is 6.86. The Kier molecular flexibility index (Phi) is 5.29. The number of carbonyl (C=O) groups is 1. The van der Waals surface area contributed by atoms with Crippen LogP contribution in [0.15, 0.2) is 18.2 Å². The molecule has 7 heteroatoms. The molecule has 0 unspecified atom stereocenters. The van der Waals surface area contributed by atoms with E-state index in [1.807, 2.05) is 0 Å². The lowest BCUT2D eigenvalue weighted by molar-refractivity contribution is 0.156. The van der Waals surface area contributed by atoms with Crippen LogP contribution in [0.4, 0.5) is 14.9 Å². The minimum Gasteiger partial charge on any atom is -0.324 e. The summed E-state index contributed by atoms with van der Waals surface area (Å²) < 4.78 is 36.4. The molecule has 128 valence electrons. The minimum absolute atomic E-state index is 0.263. The maximum atomic E-state index is 13.4. The van der Waals surface area contributed by atoms with Crippen LogP contribution in [-0.4, -0.2) is 38.7 Å². The molecule has 1 aromatic carbocycles. The van der Waals surface area contributed by atoms with Crippen LogP contribution in [0, 0.1) is 17.7 Å². The topological polar surface area (TPSA) is 66.5 Å². The summed E-state index contributed by atoms with van der Waals surface area (Å²) in [6, 6.07) is 3.50. The van der Waals surface area contributed by atoms with E-state index in [0.29, 0.717) is 30.6 Å². The number of nitrogens with one attached hydrogen (secondary N) is 1. The van der Waals surface area contributed by atoms with Gasteiger partial charge in [0.05, 0.1) is 5.75 Å². The number of sulfone groups is 1. The number of benzene rings is 1. The van der Waals surface area contributed by atoms with Gasteiger partial charge in [0.2, 0.25) is 0 Å². The van der Waals surface area contributed by atoms with Crippen LogP contribution in [-0.2, 0) is 15.6 Å². The molecule has 23 heavy (non-hydrogen) atoms. The zero-order valence-corrected chi connectivity index (χ0v) is 14.5. The van der Waals surface area contributed by atoms with Gasteiger partial charge in [-0.05, 0) is 42.0 Å². The molecule has 1 saturated heterocycles. The fourth-order valence-corrected chi connectivity index (χ4v) is 3.91. The van der Waals surface area contributed by atoms with Crippen LogP contribution >= 0.6 is 0 Å². The molecule has 2 rings (SSSR count). The van der Waals surface area contributed by atoms with Gasteiger partial charge in [-0.2, -0.15) is 0 Å².